The molecule has 94 valence electrons. The van der Waals surface area contributed by atoms with E-state index in [1.165, 1.54) is 0 Å². The molecule has 0 fully saturated rings. The monoisotopic (exact) mass is 326 g/mol. The lowest BCUT2D eigenvalue weighted by atomic mass is 10.3. The van der Waals surface area contributed by atoms with Crippen molar-refractivity contribution in [1.82, 2.24) is 9.97 Å². The maximum absolute atomic E-state index is 5.85. The maximum Gasteiger partial charge on any atom is 0.217 e. The Morgan fingerprint density at radius 2 is 2.17 bits per heavy atom. The topological polar surface area (TPSA) is 35.0 Å². The summed E-state index contributed by atoms with van der Waals surface area (Å²) in [5, 5.41) is 0. The van der Waals surface area contributed by atoms with Crippen molar-refractivity contribution >= 4 is 27.5 Å². The second-order valence-electron chi connectivity index (χ2n) is 3.67. The van der Waals surface area contributed by atoms with Crippen molar-refractivity contribution in [2.45, 2.75) is 12.3 Å². The van der Waals surface area contributed by atoms with Crippen LogP contribution in [0, 0.1) is 0 Å². The average Bonchev–Trinajstić information content (AvgIpc) is 2.41. The number of rotatable bonds is 5. The van der Waals surface area contributed by atoms with Gasteiger partial charge in [0.2, 0.25) is 5.88 Å². The fraction of sp³-hybridized carbons (Fsp3) is 0.231. The lowest BCUT2D eigenvalue weighted by Crippen LogP contribution is -2.05. The average molecular weight is 328 g/mol. The Morgan fingerprint density at radius 1 is 1.28 bits per heavy atom. The molecule has 0 saturated heterocycles. The third kappa shape index (κ3) is 3.68. The van der Waals surface area contributed by atoms with Gasteiger partial charge in [-0.25, -0.2) is 4.98 Å². The summed E-state index contributed by atoms with van der Waals surface area (Å²) in [5.41, 5.74) is 1.88. The quantitative estimate of drug-likeness (QED) is 0.787. The van der Waals surface area contributed by atoms with Gasteiger partial charge in [-0.3, -0.25) is 4.98 Å². The van der Waals surface area contributed by atoms with Crippen molar-refractivity contribution in [3.8, 4) is 5.88 Å². The third-order valence-electron chi connectivity index (χ3n) is 2.36. The molecule has 0 atom stereocenters. The first-order chi connectivity index (χ1) is 8.79. The molecule has 0 aliphatic rings. The maximum atomic E-state index is 5.85. The largest absolute Gasteiger partial charge is 0.477 e. The Balaban J connectivity index is 1.94. The summed E-state index contributed by atoms with van der Waals surface area (Å²) in [6.45, 7) is 0.537. The van der Waals surface area contributed by atoms with E-state index in [4.69, 9.17) is 16.3 Å². The lowest BCUT2D eigenvalue weighted by molar-refractivity contribution is 0.305. The summed E-state index contributed by atoms with van der Waals surface area (Å²) in [6, 6.07) is 7.74. The van der Waals surface area contributed by atoms with Gasteiger partial charge in [-0.1, -0.05) is 6.07 Å². The Labute approximate surface area is 119 Å². The normalized spacial score (nSPS) is 10.3. The molecule has 0 unspecified atom stereocenters. The Kier molecular flexibility index (Phi) is 4.96. The lowest BCUT2D eigenvalue weighted by Gasteiger charge is -2.08. The molecule has 2 aromatic heterocycles. The van der Waals surface area contributed by atoms with Gasteiger partial charge >= 0.3 is 0 Å². The van der Waals surface area contributed by atoms with Crippen LogP contribution >= 0.6 is 27.5 Å². The zero-order chi connectivity index (χ0) is 12.8. The molecular weight excluding hydrogens is 316 g/mol. The molecule has 0 aromatic carbocycles. The van der Waals surface area contributed by atoms with E-state index < -0.39 is 0 Å². The first-order valence-corrected chi connectivity index (χ1v) is 6.85. The summed E-state index contributed by atoms with van der Waals surface area (Å²) >= 11 is 9.20. The van der Waals surface area contributed by atoms with Gasteiger partial charge in [-0.15, -0.1) is 11.6 Å². The van der Waals surface area contributed by atoms with Crippen molar-refractivity contribution in [2.75, 3.05) is 6.61 Å². The van der Waals surface area contributed by atoms with Crippen LogP contribution in [0.15, 0.2) is 41.1 Å². The molecular formula is C13H12BrClN2O. The third-order valence-corrected chi connectivity index (χ3v) is 3.08. The Hall–Kier alpha value is -1.13. The van der Waals surface area contributed by atoms with E-state index >= 15 is 0 Å². The number of hydrogen-bond donors (Lipinski definition) is 0. The van der Waals surface area contributed by atoms with Crippen molar-refractivity contribution in [2.24, 2.45) is 0 Å². The fourth-order valence-corrected chi connectivity index (χ4v) is 2.06. The first kappa shape index (κ1) is 13.3. The minimum atomic E-state index is 0.380. The van der Waals surface area contributed by atoms with E-state index in [0.717, 1.165) is 22.2 Å². The molecule has 0 spiro atoms. The molecule has 0 radical (unpaired) electrons. The molecule has 0 saturated carbocycles. The molecule has 2 heterocycles. The van der Waals surface area contributed by atoms with Crippen LogP contribution in [0.5, 0.6) is 5.88 Å². The number of nitrogens with zero attached hydrogens (tertiary/aromatic N) is 2. The van der Waals surface area contributed by atoms with Gasteiger partial charge < -0.3 is 4.74 Å². The van der Waals surface area contributed by atoms with Crippen LogP contribution in [-0.2, 0) is 12.3 Å². The highest BCUT2D eigenvalue weighted by Gasteiger charge is 2.05. The van der Waals surface area contributed by atoms with Crippen molar-refractivity contribution in [3.63, 3.8) is 0 Å². The zero-order valence-corrected chi connectivity index (χ0v) is 12.0. The number of alkyl halides is 1. The highest BCUT2D eigenvalue weighted by atomic mass is 79.9. The summed E-state index contributed by atoms with van der Waals surface area (Å²) in [4.78, 5) is 8.44. The van der Waals surface area contributed by atoms with E-state index in [2.05, 4.69) is 25.9 Å². The number of aromatic nitrogens is 2. The molecule has 2 aromatic rings. The number of halogens is 2. The van der Waals surface area contributed by atoms with Crippen molar-refractivity contribution in [1.29, 1.82) is 0 Å². The summed E-state index contributed by atoms with van der Waals surface area (Å²) < 4.78 is 6.53. The van der Waals surface area contributed by atoms with Gasteiger partial charge in [0.05, 0.1) is 12.5 Å². The van der Waals surface area contributed by atoms with E-state index in [0.29, 0.717) is 18.4 Å². The fourth-order valence-electron chi connectivity index (χ4n) is 1.49. The first-order valence-electron chi connectivity index (χ1n) is 5.52. The number of ether oxygens (including phenoxy) is 1. The molecule has 0 aliphatic carbocycles. The van der Waals surface area contributed by atoms with E-state index in [1.54, 1.807) is 12.4 Å². The van der Waals surface area contributed by atoms with Crippen molar-refractivity contribution in [3.05, 3.63) is 52.4 Å². The van der Waals surface area contributed by atoms with Gasteiger partial charge in [-0.05, 0) is 34.1 Å². The van der Waals surface area contributed by atoms with Gasteiger partial charge in [0.25, 0.3) is 0 Å². The van der Waals surface area contributed by atoms with E-state index in [9.17, 15) is 0 Å². The second-order valence-corrected chi connectivity index (χ2v) is 4.85. The molecule has 0 N–H and O–H groups in total. The van der Waals surface area contributed by atoms with Crippen LogP contribution in [0.3, 0.4) is 0 Å². The smallest absolute Gasteiger partial charge is 0.217 e. The van der Waals surface area contributed by atoms with E-state index in [1.807, 2.05) is 24.3 Å². The van der Waals surface area contributed by atoms with Crippen LogP contribution in [0.25, 0.3) is 0 Å². The van der Waals surface area contributed by atoms with Gasteiger partial charge in [0.1, 0.15) is 0 Å². The summed E-state index contributed by atoms with van der Waals surface area (Å²) in [7, 11) is 0. The highest BCUT2D eigenvalue weighted by Crippen LogP contribution is 2.21. The molecule has 18 heavy (non-hydrogen) atoms. The highest BCUT2D eigenvalue weighted by molar-refractivity contribution is 9.10. The zero-order valence-electron chi connectivity index (χ0n) is 9.64. The minimum Gasteiger partial charge on any atom is -0.477 e. The van der Waals surface area contributed by atoms with Gasteiger partial charge in [-0.2, -0.15) is 0 Å². The van der Waals surface area contributed by atoms with Crippen LogP contribution < -0.4 is 4.74 Å². The van der Waals surface area contributed by atoms with Gasteiger partial charge in [0.15, 0.2) is 0 Å². The van der Waals surface area contributed by atoms with Crippen molar-refractivity contribution < 1.29 is 4.74 Å². The van der Waals surface area contributed by atoms with Crippen LogP contribution in [0.2, 0.25) is 0 Å². The van der Waals surface area contributed by atoms with Gasteiger partial charge in [0, 0.05) is 34.5 Å². The Morgan fingerprint density at radius 3 is 2.89 bits per heavy atom. The number of pyridine rings is 2. The van der Waals surface area contributed by atoms with E-state index in [-0.39, 0.29) is 0 Å². The van der Waals surface area contributed by atoms with Crippen LogP contribution in [0.4, 0.5) is 0 Å². The molecule has 3 nitrogen and oxygen atoms in total. The predicted octanol–water partition coefficient (Wildman–Crippen LogP) is 3.60. The van der Waals surface area contributed by atoms with Crippen LogP contribution in [-0.4, -0.2) is 16.6 Å². The second kappa shape index (κ2) is 6.71. The molecule has 0 amide bonds. The molecule has 2 rings (SSSR count). The Bertz CT molecular complexity index is 508. The number of hydrogen-bond acceptors (Lipinski definition) is 3. The van der Waals surface area contributed by atoms with Crippen LogP contribution in [0.1, 0.15) is 11.3 Å². The molecule has 0 aliphatic heterocycles. The molecule has 0 bridgehead atoms. The standard InChI is InChI=1S/C13H12BrClN2O/c14-11-7-10(8-15)13(17-9-11)18-6-4-12-3-1-2-5-16-12/h1-3,5,7,9H,4,6,8H2. The molecule has 5 heteroatoms. The summed E-state index contributed by atoms with van der Waals surface area (Å²) in [5.74, 6) is 0.967. The SMILES string of the molecule is ClCc1cc(Br)cnc1OCCc1ccccn1. The summed E-state index contributed by atoms with van der Waals surface area (Å²) in [6.07, 6.45) is 4.23. The predicted molar refractivity (Wildman–Crippen MR) is 74.9 cm³/mol. The minimum absolute atomic E-state index is 0.380.